The summed E-state index contributed by atoms with van der Waals surface area (Å²) >= 11 is 0. The molecule has 2 N–H and O–H groups in total. The molecule has 2 aromatic carbocycles. The standard InChI is InChI=1S/C24H26N2O6/c1-24(2)13-20(28)23-19(27)11-15(12-21(23)32-24)31-14-22(29)25-17-5-4-6-18-16(17)7-8-26(18)9-10-30-3/h4-8,11-12,27H,9-10,13-14H2,1-3H3,(H,25,29). The summed E-state index contributed by atoms with van der Waals surface area (Å²) in [6.45, 7) is 4.64. The molecule has 0 unspecified atom stereocenters. The van der Waals surface area contributed by atoms with Crippen LogP contribution in [0.2, 0.25) is 0 Å². The number of nitrogens with zero attached hydrogens (tertiary/aromatic N) is 1. The number of hydrogen-bond acceptors (Lipinski definition) is 6. The van der Waals surface area contributed by atoms with Crippen molar-refractivity contribution in [2.75, 3.05) is 25.6 Å². The maximum absolute atomic E-state index is 12.5. The highest BCUT2D eigenvalue weighted by Gasteiger charge is 2.35. The number of carbonyl (C=O) groups is 2. The van der Waals surface area contributed by atoms with Gasteiger partial charge in [0.15, 0.2) is 12.4 Å². The van der Waals surface area contributed by atoms with E-state index < -0.39 is 5.60 Å². The van der Waals surface area contributed by atoms with Crippen molar-refractivity contribution in [1.82, 2.24) is 4.57 Å². The number of hydrogen-bond donors (Lipinski definition) is 2. The van der Waals surface area contributed by atoms with Crippen LogP contribution in [-0.2, 0) is 16.1 Å². The third-order valence-corrected chi connectivity index (χ3v) is 5.30. The lowest BCUT2D eigenvalue weighted by Crippen LogP contribution is -2.35. The Kier molecular flexibility index (Phi) is 5.80. The van der Waals surface area contributed by atoms with Crippen LogP contribution in [0.15, 0.2) is 42.6 Å². The van der Waals surface area contributed by atoms with Crippen LogP contribution in [0, 0.1) is 0 Å². The highest BCUT2D eigenvalue weighted by atomic mass is 16.5. The summed E-state index contributed by atoms with van der Waals surface area (Å²) in [7, 11) is 1.66. The first-order chi connectivity index (χ1) is 15.3. The SMILES string of the molecule is COCCn1ccc2c(NC(=O)COc3cc(O)c4c(c3)OC(C)(C)CC4=O)cccc21. The fourth-order valence-corrected chi connectivity index (χ4v) is 3.88. The number of benzene rings is 2. The molecule has 0 saturated carbocycles. The quantitative estimate of drug-likeness (QED) is 0.583. The van der Waals surface area contributed by atoms with E-state index in [0.717, 1.165) is 10.9 Å². The van der Waals surface area contributed by atoms with Gasteiger partial charge in [0.25, 0.3) is 5.91 Å². The van der Waals surface area contributed by atoms with Crippen molar-refractivity contribution in [2.24, 2.45) is 0 Å². The second-order valence-corrected chi connectivity index (χ2v) is 8.35. The van der Waals surface area contributed by atoms with Gasteiger partial charge in [-0.1, -0.05) is 6.07 Å². The largest absolute Gasteiger partial charge is 0.507 e. The molecule has 0 bridgehead atoms. The summed E-state index contributed by atoms with van der Waals surface area (Å²) < 4.78 is 18.6. The number of phenols is 1. The van der Waals surface area contributed by atoms with Crippen molar-refractivity contribution in [3.05, 3.63) is 48.2 Å². The Hall–Kier alpha value is -3.52. The Balaban J connectivity index is 1.46. The molecule has 0 aliphatic carbocycles. The first-order valence-corrected chi connectivity index (χ1v) is 10.4. The fourth-order valence-electron chi connectivity index (χ4n) is 3.88. The van der Waals surface area contributed by atoms with E-state index in [2.05, 4.69) is 9.88 Å². The summed E-state index contributed by atoms with van der Waals surface area (Å²) in [6, 6.07) is 10.5. The van der Waals surface area contributed by atoms with Gasteiger partial charge < -0.3 is 29.2 Å². The summed E-state index contributed by atoms with van der Waals surface area (Å²) in [4.78, 5) is 24.8. The van der Waals surface area contributed by atoms with Crippen LogP contribution in [0.3, 0.4) is 0 Å². The number of ketones is 1. The van der Waals surface area contributed by atoms with Crippen LogP contribution in [-0.4, -0.2) is 47.3 Å². The van der Waals surface area contributed by atoms with Gasteiger partial charge in [0.05, 0.1) is 24.2 Å². The van der Waals surface area contributed by atoms with Crippen LogP contribution in [0.25, 0.3) is 10.9 Å². The van der Waals surface area contributed by atoms with Crippen LogP contribution >= 0.6 is 0 Å². The highest BCUT2D eigenvalue weighted by Crippen LogP contribution is 2.40. The van der Waals surface area contributed by atoms with E-state index in [0.29, 0.717) is 18.8 Å². The first-order valence-electron chi connectivity index (χ1n) is 10.4. The summed E-state index contributed by atoms with van der Waals surface area (Å²) in [5.41, 5.74) is 1.14. The summed E-state index contributed by atoms with van der Waals surface area (Å²) in [5.74, 6) is -0.268. The molecule has 1 amide bonds. The number of nitrogens with one attached hydrogen (secondary N) is 1. The van der Waals surface area contributed by atoms with Gasteiger partial charge in [-0.15, -0.1) is 0 Å². The second-order valence-electron chi connectivity index (χ2n) is 8.35. The third kappa shape index (κ3) is 4.40. The van der Waals surface area contributed by atoms with E-state index >= 15 is 0 Å². The Labute approximate surface area is 185 Å². The van der Waals surface area contributed by atoms with E-state index in [1.165, 1.54) is 12.1 Å². The highest BCUT2D eigenvalue weighted by molar-refractivity contribution is 6.03. The molecule has 1 aromatic heterocycles. The molecular weight excluding hydrogens is 412 g/mol. The number of fused-ring (bicyclic) bond motifs is 2. The predicted molar refractivity (Wildman–Crippen MR) is 120 cm³/mol. The molecule has 1 aliphatic rings. The van der Waals surface area contributed by atoms with E-state index in [-0.39, 0.29) is 47.5 Å². The molecule has 3 aromatic rings. The van der Waals surface area contributed by atoms with Crippen LogP contribution < -0.4 is 14.8 Å². The minimum absolute atomic E-state index is 0.144. The lowest BCUT2D eigenvalue weighted by Gasteiger charge is -2.32. The molecular formula is C24H26N2O6. The summed E-state index contributed by atoms with van der Waals surface area (Å²) in [6.07, 6.45) is 2.13. The second kappa shape index (κ2) is 8.55. The van der Waals surface area contributed by atoms with Crippen molar-refractivity contribution in [1.29, 1.82) is 0 Å². The number of Topliss-reactive ketones (excluding diaryl/α,β-unsaturated/α-hetero) is 1. The minimum atomic E-state index is -0.676. The Morgan fingerprint density at radius 3 is 2.88 bits per heavy atom. The Bertz CT molecular complexity index is 1180. The fraction of sp³-hybridized carbons (Fsp3) is 0.333. The van der Waals surface area contributed by atoms with Crippen LogP contribution in [0.5, 0.6) is 17.2 Å². The van der Waals surface area contributed by atoms with Crippen molar-refractivity contribution in [3.8, 4) is 17.2 Å². The van der Waals surface area contributed by atoms with Gasteiger partial charge in [-0.2, -0.15) is 0 Å². The van der Waals surface area contributed by atoms with Gasteiger partial charge in [0.1, 0.15) is 28.4 Å². The van der Waals surface area contributed by atoms with Crippen molar-refractivity contribution < 1.29 is 28.9 Å². The molecule has 8 heteroatoms. The van der Waals surface area contributed by atoms with E-state index in [9.17, 15) is 14.7 Å². The normalized spacial score (nSPS) is 14.7. The average Bonchev–Trinajstić information content (AvgIpc) is 3.13. The molecule has 2 heterocycles. The minimum Gasteiger partial charge on any atom is -0.507 e. The van der Waals surface area contributed by atoms with E-state index in [4.69, 9.17) is 14.2 Å². The number of aromatic hydroxyl groups is 1. The zero-order chi connectivity index (χ0) is 22.9. The Morgan fingerprint density at radius 2 is 2.09 bits per heavy atom. The number of rotatable bonds is 7. The number of aromatic nitrogens is 1. The number of amides is 1. The van der Waals surface area contributed by atoms with Crippen molar-refractivity contribution >= 4 is 28.3 Å². The predicted octanol–water partition coefficient (Wildman–Crippen LogP) is 3.75. The Morgan fingerprint density at radius 1 is 1.28 bits per heavy atom. The molecule has 8 nitrogen and oxygen atoms in total. The van der Waals surface area contributed by atoms with Gasteiger partial charge >= 0.3 is 0 Å². The number of ether oxygens (including phenoxy) is 3. The van der Waals surface area contributed by atoms with Crippen molar-refractivity contribution in [2.45, 2.75) is 32.4 Å². The van der Waals surface area contributed by atoms with Crippen molar-refractivity contribution in [3.63, 3.8) is 0 Å². The van der Waals surface area contributed by atoms with Gasteiger partial charge in [-0.25, -0.2) is 0 Å². The average molecular weight is 438 g/mol. The molecule has 0 saturated heterocycles. The van der Waals surface area contributed by atoms with Gasteiger partial charge in [0.2, 0.25) is 0 Å². The maximum Gasteiger partial charge on any atom is 0.262 e. The molecule has 0 spiro atoms. The zero-order valence-electron chi connectivity index (χ0n) is 18.3. The molecule has 0 atom stereocenters. The third-order valence-electron chi connectivity index (χ3n) is 5.30. The zero-order valence-corrected chi connectivity index (χ0v) is 18.3. The van der Waals surface area contributed by atoms with Crippen LogP contribution in [0.1, 0.15) is 30.6 Å². The lowest BCUT2D eigenvalue weighted by atomic mass is 9.92. The van der Waals surface area contributed by atoms with Crippen LogP contribution in [0.4, 0.5) is 5.69 Å². The lowest BCUT2D eigenvalue weighted by molar-refractivity contribution is -0.118. The number of carbonyl (C=O) groups excluding carboxylic acids is 2. The van der Waals surface area contributed by atoms with E-state index in [1.807, 2.05) is 30.5 Å². The van der Waals surface area contributed by atoms with Gasteiger partial charge in [-0.3, -0.25) is 9.59 Å². The smallest absolute Gasteiger partial charge is 0.262 e. The first kappa shape index (κ1) is 21.7. The van der Waals surface area contributed by atoms with E-state index in [1.54, 1.807) is 21.0 Å². The molecule has 168 valence electrons. The maximum atomic E-state index is 12.5. The molecule has 0 radical (unpaired) electrons. The summed E-state index contributed by atoms with van der Waals surface area (Å²) in [5, 5.41) is 14.0. The monoisotopic (exact) mass is 438 g/mol. The molecule has 1 aliphatic heterocycles. The molecule has 32 heavy (non-hydrogen) atoms. The number of anilines is 1. The molecule has 4 rings (SSSR count). The number of phenolic OH excluding ortho intramolecular Hbond substituents is 1. The number of methoxy groups -OCH3 is 1. The molecule has 0 fully saturated rings. The topological polar surface area (TPSA) is 99.0 Å². The van der Waals surface area contributed by atoms with Gasteiger partial charge in [0, 0.05) is 37.4 Å². The van der Waals surface area contributed by atoms with Gasteiger partial charge in [-0.05, 0) is 32.0 Å².